The Kier molecular flexibility index (Phi) is 8.60. The molecule has 0 spiro atoms. The van der Waals surface area contributed by atoms with Crippen molar-refractivity contribution in [3.05, 3.63) is 35.9 Å². The van der Waals surface area contributed by atoms with E-state index in [2.05, 4.69) is 44.2 Å². The van der Waals surface area contributed by atoms with Gasteiger partial charge in [0, 0.05) is 13.5 Å². The second-order valence-corrected chi connectivity index (χ2v) is 6.19. The van der Waals surface area contributed by atoms with Crippen LogP contribution in [0.4, 0.5) is 0 Å². The van der Waals surface area contributed by atoms with Crippen molar-refractivity contribution in [3.8, 4) is 0 Å². The van der Waals surface area contributed by atoms with Crippen molar-refractivity contribution in [2.24, 2.45) is 0 Å². The van der Waals surface area contributed by atoms with Crippen LogP contribution < -0.4 is 0 Å². The largest absolute Gasteiger partial charge is 0.378 e. The number of hydrogen-bond donors (Lipinski definition) is 0. The van der Waals surface area contributed by atoms with Gasteiger partial charge in [-0.1, -0.05) is 82.2 Å². The van der Waals surface area contributed by atoms with E-state index in [9.17, 15) is 0 Å². The first-order valence-corrected chi connectivity index (χ1v) is 8.29. The number of ether oxygens (including phenoxy) is 1. The molecule has 0 aliphatic carbocycles. The van der Waals surface area contributed by atoms with Gasteiger partial charge in [-0.25, -0.2) is 0 Å². The Morgan fingerprint density at radius 3 is 2.10 bits per heavy atom. The monoisotopic (exact) mass is 276 g/mol. The van der Waals surface area contributed by atoms with Gasteiger partial charge < -0.3 is 4.74 Å². The summed E-state index contributed by atoms with van der Waals surface area (Å²) in [6, 6.07) is 10.7. The Bertz CT molecular complexity index is 333. The maximum Gasteiger partial charge on any atom is 0.0690 e. The number of hydrogen-bond acceptors (Lipinski definition) is 1. The molecule has 1 atom stereocenters. The van der Waals surface area contributed by atoms with Crippen LogP contribution in [0.25, 0.3) is 0 Å². The van der Waals surface area contributed by atoms with Crippen LogP contribution in [0.1, 0.15) is 70.8 Å². The van der Waals surface area contributed by atoms with Crippen molar-refractivity contribution in [1.82, 2.24) is 0 Å². The zero-order valence-electron chi connectivity index (χ0n) is 13.7. The highest BCUT2D eigenvalue weighted by molar-refractivity contribution is 5.16. The van der Waals surface area contributed by atoms with Gasteiger partial charge in [0.05, 0.1) is 5.60 Å². The molecule has 0 heterocycles. The number of unbranched alkanes of at least 4 members (excludes halogenated alkanes) is 6. The Hall–Kier alpha value is -0.820. The maximum atomic E-state index is 5.79. The Morgan fingerprint density at radius 2 is 1.50 bits per heavy atom. The molecule has 20 heavy (non-hydrogen) atoms. The zero-order chi connectivity index (χ0) is 14.7. The number of benzene rings is 1. The van der Waals surface area contributed by atoms with Crippen LogP contribution in [0.3, 0.4) is 0 Å². The molecule has 1 aromatic rings. The Balaban J connectivity index is 2.24. The third kappa shape index (κ3) is 7.09. The van der Waals surface area contributed by atoms with E-state index in [1.54, 1.807) is 0 Å². The van der Waals surface area contributed by atoms with E-state index in [0.29, 0.717) is 0 Å². The van der Waals surface area contributed by atoms with Gasteiger partial charge >= 0.3 is 0 Å². The highest BCUT2D eigenvalue weighted by Crippen LogP contribution is 2.24. The summed E-state index contributed by atoms with van der Waals surface area (Å²) in [5, 5.41) is 0. The van der Waals surface area contributed by atoms with Gasteiger partial charge in [0.25, 0.3) is 0 Å². The molecule has 0 radical (unpaired) electrons. The normalized spacial score (nSPS) is 14.2. The Morgan fingerprint density at radius 1 is 0.900 bits per heavy atom. The lowest BCUT2D eigenvalue weighted by molar-refractivity contribution is -0.00277. The summed E-state index contributed by atoms with van der Waals surface area (Å²) < 4.78 is 5.79. The summed E-state index contributed by atoms with van der Waals surface area (Å²) in [6.45, 7) is 4.52. The lowest BCUT2D eigenvalue weighted by Gasteiger charge is -2.28. The van der Waals surface area contributed by atoms with Crippen LogP contribution in [0.15, 0.2) is 30.3 Å². The average Bonchev–Trinajstić information content (AvgIpc) is 2.47. The van der Waals surface area contributed by atoms with Crippen molar-refractivity contribution in [3.63, 3.8) is 0 Å². The lowest BCUT2D eigenvalue weighted by atomic mass is 9.90. The predicted molar refractivity (Wildman–Crippen MR) is 88.2 cm³/mol. The Labute approximate surface area is 125 Å². The minimum atomic E-state index is -0.00915. The molecule has 1 unspecified atom stereocenters. The van der Waals surface area contributed by atoms with Crippen molar-refractivity contribution < 1.29 is 4.74 Å². The van der Waals surface area contributed by atoms with Gasteiger partial charge in [0.2, 0.25) is 0 Å². The smallest absolute Gasteiger partial charge is 0.0690 e. The molecule has 1 heteroatoms. The van der Waals surface area contributed by atoms with Crippen LogP contribution in [0, 0.1) is 0 Å². The number of methoxy groups -OCH3 is 1. The minimum absolute atomic E-state index is 0.00915. The molecule has 0 aromatic heterocycles. The first kappa shape index (κ1) is 17.2. The highest BCUT2D eigenvalue weighted by atomic mass is 16.5. The summed E-state index contributed by atoms with van der Waals surface area (Å²) in [5.74, 6) is 0. The van der Waals surface area contributed by atoms with Gasteiger partial charge in [0.1, 0.15) is 0 Å². The second-order valence-electron chi connectivity index (χ2n) is 6.19. The molecule has 0 amide bonds. The minimum Gasteiger partial charge on any atom is -0.378 e. The van der Waals surface area contributed by atoms with Crippen molar-refractivity contribution in [2.45, 2.75) is 77.2 Å². The fourth-order valence-corrected chi connectivity index (χ4v) is 2.75. The molecular formula is C19H32O. The molecule has 0 fully saturated rings. The van der Waals surface area contributed by atoms with E-state index in [-0.39, 0.29) is 5.60 Å². The fourth-order valence-electron chi connectivity index (χ4n) is 2.75. The summed E-state index contributed by atoms with van der Waals surface area (Å²) >= 11 is 0. The standard InChI is InChI=1S/C19H32O/c1-4-5-6-7-8-9-13-16-19(2,20-3)17-18-14-11-10-12-15-18/h10-12,14-15H,4-9,13,16-17H2,1-3H3. The van der Waals surface area contributed by atoms with Crippen LogP contribution >= 0.6 is 0 Å². The second kappa shape index (κ2) is 9.99. The molecule has 1 rings (SSSR count). The summed E-state index contributed by atoms with van der Waals surface area (Å²) in [5.41, 5.74) is 1.37. The van der Waals surface area contributed by atoms with Crippen LogP contribution in [0.2, 0.25) is 0 Å². The first-order chi connectivity index (χ1) is 9.70. The number of rotatable bonds is 11. The highest BCUT2D eigenvalue weighted by Gasteiger charge is 2.23. The molecule has 1 nitrogen and oxygen atoms in total. The van der Waals surface area contributed by atoms with Gasteiger partial charge in [-0.2, -0.15) is 0 Å². The molecule has 1 aromatic carbocycles. The predicted octanol–water partition coefficient (Wildman–Crippen LogP) is 5.77. The average molecular weight is 276 g/mol. The summed E-state index contributed by atoms with van der Waals surface area (Å²) in [7, 11) is 1.85. The topological polar surface area (TPSA) is 9.23 Å². The van der Waals surface area contributed by atoms with Crippen molar-refractivity contribution >= 4 is 0 Å². The quantitative estimate of drug-likeness (QED) is 0.466. The third-order valence-corrected chi connectivity index (χ3v) is 4.22. The van der Waals surface area contributed by atoms with Crippen LogP contribution in [-0.2, 0) is 11.2 Å². The molecule has 0 saturated heterocycles. The summed E-state index contributed by atoms with van der Waals surface area (Å²) in [6.07, 6.45) is 11.7. The lowest BCUT2D eigenvalue weighted by Crippen LogP contribution is -2.30. The van der Waals surface area contributed by atoms with E-state index in [1.165, 1.54) is 50.5 Å². The molecular weight excluding hydrogens is 244 g/mol. The van der Waals surface area contributed by atoms with Crippen LogP contribution in [-0.4, -0.2) is 12.7 Å². The molecule has 0 N–H and O–H groups in total. The van der Waals surface area contributed by atoms with E-state index in [1.807, 2.05) is 7.11 Å². The first-order valence-electron chi connectivity index (χ1n) is 8.29. The molecule has 114 valence electrons. The van der Waals surface area contributed by atoms with Gasteiger partial charge in [-0.3, -0.25) is 0 Å². The van der Waals surface area contributed by atoms with Gasteiger partial charge in [-0.05, 0) is 18.9 Å². The third-order valence-electron chi connectivity index (χ3n) is 4.22. The maximum absolute atomic E-state index is 5.79. The van der Waals surface area contributed by atoms with E-state index >= 15 is 0 Å². The van der Waals surface area contributed by atoms with E-state index in [0.717, 1.165) is 12.8 Å². The van der Waals surface area contributed by atoms with Crippen molar-refractivity contribution in [1.29, 1.82) is 0 Å². The zero-order valence-corrected chi connectivity index (χ0v) is 13.7. The van der Waals surface area contributed by atoms with Gasteiger partial charge in [-0.15, -0.1) is 0 Å². The van der Waals surface area contributed by atoms with Gasteiger partial charge in [0.15, 0.2) is 0 Å². The van der Waals surface area contributed by atoms with E-state index < -0.39 is 0 Å². The van der Waals surface area contributed by atoms with Crippen LogP contribution in [0.5, 0.6) is 0 Å². The van der Waals surface area contributed by atoms with Crippen molar-refractivity contribution in [2.75, 3.05) is 7.11 Å². The molecule has 0 aliphatic heterocycles. The molecule has 0 aliphatic rings. The molecule has 0 saturated carbocycles. The molecule has 0 bridgehead atoms. The van der Waals surface area contributed by atoms with E-state index in [4.69, 9.17) is 4.74 Å². The summed E-state index contributed by atoms with van der Waals surface area (Å²) in [4.78, 5) is 0. The fraction of sp³-hybridized carbons (Fsp3) is 0.684. The SMILES string of the molecule is CCCCCCCCCC(C)(Cc1ccccc1)OC.